The molecule has 0 aromatic carbocycles. The summed E-state index contributed by atoms with van der Waals surface area (Å²) in [5.41, 5.74) is 0. The Morgan fingerprint density at radius 1 is 1.44 bits per heavy atom. The van der Waals surface area contributed by atoms with Crippen LogP contribution in [0.5, 0.6) is 0 Å². The number of carbonyl (C=O) groups excluding carboxylic acids is 1. The highest BCUT2D eigenvalue weighted by atomic mass is 16.5. The van der Waals surface area contributed by atoms with E-state index >= 15 is 0 Å². The highest BCUT2D eigenvalue weighted by Crippen LogP contribution is 1.97. The predicted molar refractivity (Wildman–Crippen MR) is 27.8 cm³/mol. The van der Waals surface area contributed by atoms with Gasteiger partial charge in [-0.1, -0.05) is 0 Å². The summed E-state index contributed by atoms with van der Waals surface area (Å²) in [5.74, 6) is -1.16. The Labute approximate surface area is 52.7 Å². The SMILES string of the molecule is [O]C(=O)CCCC(O)O. The van der Waals surface area contributed by atoms with Crippen molar-refractivity contribution in [3.05, 3.63) is 0 Å². The topological polar surface area (TPSA) is 77.4 Å². The van der Waals surface area contributed by atoms with Crippen LogP contribution in [-0.2, 0) is 9.90 Å². The summed E-state index contributed by atoms with van der Waals surface area (Å²) in [4.78, 5) is 9.71. The first kappa shape index (κ1) is 8.39. The van der Waals surface area contributed by atoms with Crippen LogP contribution in [0, 0.1) is 0 Å². The minimum Gasteiger partial charge on any atom is -0.368 e. The lowest BCUT2D eigenvalue weighted by Crippen LogP contribution is -2.04. The molecule has 0 aliphatic carbocycles. The molecule has 4 nitrogen and oxygen atoms in total. The van der Waals surface area contributed by atoms with Gasteiger partial charge >= 0.3 is 5.97 Å². The second kappa shape index (κ2) is 4.29. The molecule has 0 unspecified atom stereocenters. The molecular formula is C5H9O4. The largest absolute Gasteiger partial charge is 0.368 e. The van der Waals surface area contributed by atoms with Gasteiger partial charge in [0.05, 0.1) is 6.42 Å². The van der Waals surface area contributed by atoms with Gasteiger partial charge in [0.25, 0.3) is 0 Å². The zero-order chi connectivity index (χ0) is 7.28. The zero-order valence-corrected chi connectivity index (χ0v) is 4.91. The number of aliphatic hydroxyl groups is 2. The lowest BCUT2D eigenvalue weighted by atomic mass is 10.2. The summed E-state index contributed by atoms with van der Waals surface area (Å²) in [6, 6.07) is 0. The number of rotatable bonds is 4. The molecule has 0 rings (SSSR count). The van der Waals surface area contributed by atoms with Crippen molar-refractivity contribution in [3.63, 3.8) is 0 Å². The highest BCUT2D eigenvalue weighted by molar-refractivity contribution is 5.66. The number of hydrogen-bond donors (Lipinski definition) is 2. The normalized spacial score (nSPS) is 10.1. The summed E-state index contributed by atoms with van der Waals surface area (Å²) < 4.78 is 0. The van der Waals surface area contributed by atoms with E-state index in [-0.39, 0.29) is 19.3 Å². The maximum atomic E-state index is 9.71. The molecule has 0 heterocycles. The van der Waals surface area contributed by atoms with E-state index in [2.05, 4.69) is 0 Å². The summed E-state index contributed by atoms with van der Waals surface area (Å²) in [6.45, 7) is 0. The van der Waals surface area contributed by atoms with Crippen LogP contribution in [0.2, 0.25) is 0 Å². The fourth-order valence-corrected chi connectivity index (χ4v) is 0.429. The van der Waals surface area contributed by atoms with Crippen LogP contribution in [-0.4, -0.2) is 22.5 Å². The van der Waals surface area contributed by atoms with Crippen molar-refractivity contribution < 1.29 is 20.1 Å². The Bertz CT molecular complexity index is 89.0. The average Bonchev–Trinajstić information content (AvgIpc) is 1.63. The van der Waals surface area contributed by atoms with Gasteiger partial charge in [-0.2, -0.15) is 0 Å². The van der Waals surface area contributed by atoms with Gasteiger partial charge in [0.15, 0.2) is 6.29 Å². The van der Waals surface area contributed by atoms with Crippen molar-refractivity contribution in [2.45, 2.75) is 25.6 Å². The van der Waals surface area contributed by atoms with E-state index in [1.165, 1.54) is 0 Å². The van der Waals surface area contributed by atoms with Crippen LogP contribution in [0.25, 0.3) is 0 Å². The summed E-state index contributed by atoms with van der Waals surface area (Å²) in [6.07, 6.45) is -1.17. The van der Waals surface area contributed by atoms with Gasteiger partial charge in [-0.3, -0.25) is 0 Å². The van der Waals surface area contributed by atoms with E-state index in [4.69, 9.17) is 10.2 Å². The summed E-state index contributed by atoms with van der Waals surface area (Å²) in [7, 11) is 0. The number of hydrogen-bond acceptors (Lipinski definition) is 3. The van der Waals surface area contributed by atoms with Crippen LogP contribution in [0.4, 0.5) is 0 Å². The average molecular weight is 133 g/mol. The molecule has 0 saturated carbocycles. The van der Waals surface area contributed by atoms with E-state index in [0.717, 1.165) is 0 Å². The molecular weight excluding hydrogens is 124 g/mol. The van der Waals surface area contributed by atoms with Crippen molar-refractivity contribution in [1.29, 1.82) is 0 Å². The van der Waals surface area contributed by atoms with E-state index < -0.39 is 12.3 Å². The molecule has 4 heteroatoms. The quantitative estimate of drug-likeness (QED) is 0.504. The Hall–Kier alpha value is -0.610. The Balaban J connectivity index is 3.01. The molecule has 0 aliphatic rings. The Kier molecular flexibility index (Phi) is 4.00. The molecule has 0 aromatic rings. The van der Waals surface area contributed by atoms with Crippen LogP contribution >= 0.6 is 0 Å². The maximum Gasteiger partial charge on any atom is 0.355 e. The van der Waals surface area contributed by atoms with Crippen molar-refractivity contribution >= 4 is 5.97 Å². The van der Waals surface area contributed by atoms with Crippen molar-refractivity contribution in [2.24, 2.45) is 0 Å². The summed E-state index contributed by atoms with van der Waals surface area (Å²) >= 11 is 0. The second-order valence-corrected chi connectivity index (χ2v) is 1.74. The molecule has 0 aromatic heterocycles. The summed E-state index contributed by atoms with van der Waals surface area (Å²) in [5, 5.41) is 26.1. The monoisotopic (exact) mass is 133 g/mol. The first-order valence-electron chi connectivity index (χ1n) is 2.69. The molecule has 0 bridgehead atoms. The Morgan fingerprint density at radius 3 is 2.33 bits per heavy atom. The van der Waals surface area contributed by atoms with Crippen LogP contribution in [0.3, 0.4) is 0 Å². The minimum absolute atomic E-state index is 0.0913. The smallest absolute Gasteiger partial charge is 0.355 e. The molecule has 0 aliphatic heterocycles. The number of carbonyl (C=O) groups is 1. The molecule has 1 radical (unpaired) electrons. The third-order valence-electron chi connectivity index (χ3n) is 0.843. The van der Waals surface area contributed by atoms with E-state index in [1.54, 1.807) is 0 Å². The molecule has 9 heavy (non-hydrogen) atoms. The standard InChI is InChI=1S/C5H9O4/c6-4(7)2-1-3-5(8)9/h4,6-7H,1-3H2. The predicted octanol–water partition coefficient (Wildman–Crippen LogP) is -0.576. The molecule has 2 N–H and O–H groups in total. The van der Waals surface area contributed by atoms with Gasteiger partial charge < -0.3 is 10.2 Å². The van der Waals surface area contributed by atoms with Crippen molar-refractivity contribution in [1.82, 2.24) is 0 Å². The Morgan fingerprint density at radius 2 is 2.00 bits per heavy atom. The van der Waals surface area contributed by atoms with Gasteiger partial charge in [0.1, 0.15) is 0 Å². The van der Waals surface area contributed by atoms with Crippen LogP contribution in [0.1, 0.15) is 19.3 Å². The van der Waals surface area contributed by atoms with E-state index in [1.807, 2.05) is 0 Å². The first-order chi connectivity index (χ1) is 4.13. The molecule has 0 spiro atoms. The fourth-order valence-electron chi connectivity index (χ4n) is 0.429. The third-order valence-corrected chi connectivity index (χ3v) is 0.843. The molecule has 0 fully saturated rings. The van der Waals surface area contributed by atoms with Gasteiger partial charge in [-0.15, -0.1) is 0 Å². The van der Waals surface area contributed by atoms with Gasteiger partial charge in [-0.25, -0.2) is 9.90 Å². The number of aliphatic hydroxyl groups excluding tert-OH is 1. The van der Waals surface area contributed by atoms with Crippen molar-refractivity contribution in [2.75, 3.05) is 0 Å². The molecule has 0 saturated heterocycles. The third kappa shape index (κ3) is 7.39. The zero-order valence-electron chi connectivity index (χ0n) is 4.91. The van der Waals surface area contributed by atoms with Crippen LogP contribution in [0.15, 0.2) is 0 Å². The van der Waals surface area contributed by atoms with Gasteiger partial charge in [0, 0.05) is 0 Å². The first-order valence-corrected chi connectivity index (χ1v) is 2.69. The lowest BCUT2D eigenvalue weighted by Gasteiger charge is -1.97. The fraction of sp³-hybridized carbons (Fsp3) is 0.800. The van der Waals surface area contributed by atoms with Crippen LogP contribution < -0.4 is 0 Å². The van der Waals surface area contributed by atoms with E-state index in [0.29, 0.717) is 0 Å². The van der Waals surface area contributed by atoms with Crippen molar-refractivity contribution in [3.8, 4) is 0 Å². The second-order valence-electron chi connectivity index (χ2n) is 1.74. The van der Waals surface area contributed by atoms with Gasteiger partial charge in [-0.05, 0) is 12.8 Å². The van der Waals surface area contributed by atoms with Gasteiger partial charge in [0.2, 0.25) is 0 Å². The highest BCUT2D eigenvalue weighted by Gasteiger charge is 2.01. The molecule has 0 amide bonds. The minimum atomic E-state index is -1.40. The lowest BCUT2D eigenvalue weighted by molar-refractivity contribution is -0.143. The molecule has 0 atom stereocenters. The van der Waals surface area contributed by atoms with E-state index in [9.17, 15) is 9.90 Å². The molecule has 53 valence electrons. The maximum absolute atomic E-state index is 9.71.